The Balaban J connectivity index is 0.787. The zero-order valence-electron chi connectivity index (χ0n) is 17.4. The molecule has 0 saturated carbocycles. The van der Waals surface area contributed by atoms with E-state index in [4.69, 9.17) is 0 Å². The molecule has 0 bridgehead atoms. The Bertz CT molecular complexity index is 2260. The molecule has 20 aliphatic heterocycles. The van der Waals surface area contributed by atoms with Crippen LogP contribution in [0.2, 0.25) is 95.3 Å². The first kappa shape index (κ1) is 11.0. The Hall–Kier alpha value is -0.621. The van der Waals surface area contributed by atoms with E-state index in [-0.39, 0.29) is 0 Å². The van der Waals surface area contributed by atoms with Crippen LogP contribution in [0.1, 0.15) is 11.1 Å². The van der Waals surface area contributed by atoms with E-state index in [0.717, 1.165) is 8.63 Å². The number of fused-ring (bicyclic) bond motifs is 20. The standard InChI is InChI=1S/C20H12.2C5H5.2Fe/c1-2-6-17(5-1)9-11-19-13-15-20(16-14-19)12-10-18-7-3-4-8-18;2*1-2-4-5-3-1;;/h1-8,13-16H;2*1-5H;;. The van der Waals surface area contributed by atoms with Crippen molar-refractivity contribution in [2.45, 2.75) is 95.3 Å². The number of rotatable bonds is 0. The van der Waals surface area contributed by atoms with Crippen LogP contribution in [0, 0.1) is 23.7 Å². The molecule has 20 fully saturated rings. The minimum absolute atomic E-state index is 0.761. The maximum absolute atomic E-state index is 4.17. The molecule has 32 heavy (non-hydrogen) atoms. The molecule has 20 heterocycles. The SMILES string of the molecule is C(#C[C]12[CH]3[CH]4[CH]5[CH]1[Fe]45321678[CH]2[CH]1[CH]6[CH]7[CH]28)c1ccc(C#C[C]23[CH]4[CH]5[CH]6[CH]2[Fe]56432789[CH]3[CH]2[CH]7[CH]8[CH]39)cc1. The van der Waals surface area contributed by atoms with Crippen LogP contribution >= 0.6 is 0 Å². The van der Waals surface area contributed by atoms with Crippen molar-refractivity contribution < 1.29 is 13.0 Å². The molecule has 8 unspecified atom stereocenters. The van der Waals surface area contributed by atoms with Crippen LogP contribution in [0.4, 0.5) is 0 Å². The number of benzene rings is 1. The molecule has 0 N–H and O–H groups in total. The zero-order chi connectivity index (χ0) is 18.8. The first-order chi connectivity index (χ1) is 15.2. The first-order valence-corrected chi connectivity index (χ1v) is 26.4. The Labute approximate surface area is 166 Å². The maximum atomic E-state index is 4.17. The van der Waals surface area contributed by atoms with Crippen molar-refractivity contribution in [1.82, 2.24) is 0 Å². The third-order valence-corrected chi connectivity index (χ3v) is 115. The Morgan fingerprint density at radius 1 is 0.438 bits per heavy atom. The van der Waals surface area contributed by atoms with Crippen molar-refractivity contribution in [1.29, 1.82) is 0 Å². The molecule has 0 aromatic heterocycles. The van der Waals surface area contributed by atoms with Gasteiger partial charge in [0.1, 0.15) is 0 Å². The van der Waals surface area contributed by atoms with Gasteiger partial charge in [-0.1, -0.05) is 0 Å². The predicted octanol–water partition coefficient (Wildman–Crippen LogP) is 7.91. The van der Waals surface area contributed by atoms with Crippen molar-refractivity contribution in [3.63, 3.8) is 0 Å². The molecule has 20 saturated heterocycles. The third-order valence-electron chi connectivity index (χ3n) is 31.0. The summed E-state index contributed by atoms with van der Waals surface area (Å²) in [5.41, 5.74) is 2.62. The van der Waals surface area contributed by atoms with Crippen molar-refractivity contribution in [2.24, 2.45) is 0 Å². The van der Waals surface area contributed by atoms with Gasteiger partial charge in [-0.15, -0.1) is 0 Å². The summed E-state index contributed by atoms with van der Waals surface area (Å²) < 4.78 is 1.52. The second kappa shape index (κ2) is 0.914. The van der Waals surface area contributed by atoms with Crippen molar-refractivity contribution in [3.05, 3.63) is 35.4 Å². The summed E-state index contributed by atoms with van der Waals surface area (Å²) in [5.74, 6) is 16.0. The van der Waals surface area contributed by atoms with Crippen molar-refractivity contribution in [2.75, 3.05) is 0 Å². The van der Waals surface area contributed by atoms with Crippen LogP contribution in [0.3, 0.4) is 0 Å². The van der Waals surface area contributed by atoms with E-state index in [1.165, 1.54) is 97.8 Å². The summed E-state index contributed by atoms with van der Waals surface area (Å²) in [4.78, 5) is 24.9. The van der Waals surface area contributed by atoms with Crippen LogP contribution < -0.4 is 0 Å². The molecule has 21 rings (SSSR count). The van der Waals surface area contributed by atoms with Gasteiger partial charge in [0.2, 0.25) is 0 Å². The molecule has 0 radical (unpaired) electrons. The second-order valence-electron chi connectivity index (χ2n) is 21.4. The van der Waals surface area contributed by atoms with E-state index >= 15 is 0 Å². The number of hydrogen-bond donors (Lipinski definition) is 0. The average molecular weight is 494 g/mol. The number of hydrogen-bond acceptors (Lipinski definition) is 0. The molecular weight excluding hydrogens is 472 g/mol. The fraction of sp³-hybridized carbons (Fsp3) is 0.667. The van der Waals surface area contributed by atoms with E-state index in [1.54, 1.807) is 0 Å². The second-order valence-corrected chi connectivity index (χ2v) is 68.6. The van der Waals surface area contributed by atoms with Crippen LogP contribution in [0.15, 0.2) is 24.3 Å². The van der Waals surface area contributed by atoms with Crippen LogP contribution in [0.5, 0.6) is 0 Å². The van der Waals surface area contributed by atoms with E-state index in [2.05, 4.69) is 47.9 Å². The summed E-state index contributed by atoms with van der Waals surface area (Å²) >= 11 is 0. The summed E-state index contributed by atoms with van der Waals surface area (Å²) in [5, 5.41) is 0. The quantitative estimate of drug-likeness (QED) is 0.254. The molecule has 2 spiro atoms. The molecular formula is C30H22Fe2. The molecule has 8 atom stereocenters. The van der Waals surface area contributed by atoms with Gasteiger partial charge in [-0.3, -0.25) is 0 Å². The Kier molecular flexibility index (Phi) is 0.313. The Morgan fingerprint density at radius 2 is 0.719 bits per heavy atom. The van der Waals surface area contributed by atoms with Gasteiger partial charge >= 0.3 is 167 Å². The van der Waals surface area contributed by atoms with Crippen LogP contribution in [-0.2, 0) is 13.0 Å². The fourth-order valence-electron chi connectivity index (χ4n) is 34.0. The van der Waals surface area contributed by atoms with Gasteiger partial charge in [0.15, 0.2) is 0 Å². The predicted molar refractivity (Wildman–Crippen MR) is 113 cm³/mol. The van der Waals surface area contributed by atoms with E-state index in [1.807, 2.05) is 0 Å². The molecule has 1 aromatic rings. The van der Waals surface area contributed by atoms with Crippen LogP contribution in [-0.4, -0.2) is 0 Å². The van der Waals surface area contributed by atoms with Gasteiger partial charge in [0, 0.05) is 0 Å². The van der Waals surface area contributed by atoms with Gasteiger partial charge in [-0.25, -0.2) is 0 Å². The monoisotopic (exact) mass is 494 g/mol. The normalized spacial score (nSPS) is 125. The summed E-state index contributed by atoms with van der Waals surface area (Å²) in [6, 6.07) is 9.39. The van der Waals surface area contributed by atoms with E-state index in [9.17, 15) is 0 Å². The third kappa shape index (κ3) is 0.118. The summed E-state index contributed by atoms with van der Waals surface area (Å²) in [7, 11) is 0. The van der Waals surface area contributed by atoms with Gasteiger partial charge in [0.25, 0.3) is 0 Å². The summed E-state index contributed by atoms with van der Waals surface area (Å²) in [6.07, 6.45) is 0. The topological polar surface area (TPSA) is 0 Å². The molecule has 0 nitrogen and oxygen atoms in total. The van der Waals surface area contributed by atoms with Crippen molar-refractivity contribution in [3.8, 4) is 23.7 Å². The molecule has 0 amide bonds. The van der Waals surface area contributed by atoms with Crippen molar-refractivity contribution >= 4 is 0 Å². The van der Waals surface area contributed by atoms with Gasteiger partial charge in [-0.2, -0.15) is 0 Å². The molecule has 1 aromatic carbocycles. The van der Waals surface area contributed by atoms with Gasteiger partial charge < -0.3 is 0 Å². The fourth-order valence-corrected chi connectivity index (χ4v) is 180. The minimum atomic E-state index is -3.00. The molecule has 2 heteroatoms. The average Bonchev–Trinajstić information content (AvgIpc) is 3.70. The van der Waals surface area contributed by atoms with E-state index in [0.29, 0.717) is 0 Å². The van der Waals surface area contributed by atoms with E-state index < -0.39 is 13.0 Å². The van der Waals surface area contributed by atoms with Crippen LogP contribution in [0.25, 0.3) is 0 Å². The zero-order valence-corrected chi connectivity index (χ0v) is 19.6. The molecule has 0 aliphatic carbocycles. The Morgan fingerprint density at radius 3 is 0.906 bits per heavy atom. The molecule has 20 aliphatic rings. The molecule has 158 valence electrons. The summed E-state index contributed by atoms with van der Waals surface area (Å²) in [6.45, 7) is -6.00. The van der Waals surface area contributed by atoms with Gasteiger partial charge in [-0.05, 0) is 0 Å². The first-order valence-electron chi connectivity index (χ1n) is 13.8. The van der Waals surface area contributed by atoms with Gasteiger partial charge in [0.05, 0.1) is 0 Å².